The van der Waals surface area contributed by atoms with Crippen molar-refractivity contribution < 1.29 is 9.21 Å². The average Bonchev–Trinajstić information content (AvgIpc) is 3.19. The molecule has 0 saturated heterocycles. The number of hydrazone groups is 1. The van der Waals surface area contributed by atoms with Gasteiger partial charge in [-0.2, -0.15) is 5.10 Å². The zero-order valence-corrected chi connectivity index (χ0v) is 12.3. The van der Waals surface area contributed by atoms with Crippen LogP contribution in [0, 0.1) is 6.92 Å². The number of aromatic nitrogens is 2. The second-order valence-electron chi connectivity index (χ2n) is 4.80. The van der Waals surface area contributed by atoms with E-state index in [4.69, 9.17) is 4.42 Å². The van der Waals surface area contributed by atoms with Crippen LogP contribution in [-0.4, -0.2) is 21.9 Å². The molecule has 3 rings (SSSR count). The number of hydrogen-bond acceptors (Lipinski definition) is 4. The molecular weight excluding hydrogens is 296 g/mol. The van der Waals surface area contributed by atoms with E-state index in [0.717, 1.165) is 5.69 Å². The lowest BCUT2D eigenvalue weighted by Gasteiger charge is -1.99. The molecule has 0 atom stereocenters. The molecule has 0 fully saturated rings. The Kier molecular flexibility index (Phi) is 3.92. The van der Waals surface area contributed by atoms with Gasteiger partial charge in [-0.3, -0.25) is 14.7 Å². The summed E-state index contributed by atoms with van der Waals surface area (Å²) in [4.78, 5) is 24.1. The fourth-order valence-electron chi connectivity index (χ4n) is 2.09. The number of amides is 1. The Morgan fingerprint density at radius 2 is 2.04 bits per heavy atom. The number of benzene rings is 1. The van der Waals surface area contributed by atoms with E-state index >= 15 is 0 Å². The smallest absolute Gasteiger partial charge is 0.307 e. The predicted molar refractivity (Wildman–Crippen MR) is 84.9 cm³/mol. The van der Waals surface area contributed by atoms with Crippen LogP contribution in [0.1, 0.15) is 21.8 Å². The molecule has 2 aromatic heterocycles. The third kappa shape index (κ3) is 2.98. The Balaban J connectivity index is 1.81. The van der Waals surface area contributed by atoms with Crippen LogP contribution < -0.4 is 11.0 Å². The van der Waals surface area contributed by atoms with Gasteiger partial charge in [0.1, 0.15) is 0 Å². The fourth-order valence-corrected chi connectivity index (χ4v) is 2.09. The number of aromatic amines is 1. The predicted octanol–water partition coefficient (Wildman–Crippen LogP) is 1.83. The molecule has 0 aliphatic rings. The van der Waals surface area contributed by atoms with E-state index in [1.807, 2.05) is 30.3 Å². The van der Waals surface area contributed by atoms with Crippen molar-refractivity contribution in [3.8, 4) is 5.69 Å². The molecule has 23 heavy (non-hydrogen) atoms. The lowest BCUT2D eigenvalue weighted by molar-refractivity contribution is 0.0927. The third-order valence-electron chi connectivity index (χ3n) is 3.24. The van der Waals surface area contributed by atoms with Gasteiger partial charge in [-0.1, -0.05) is 18.2 Å². The van der Waals surface area contributed by atoms with E-state index in [1.165, 1.54) is 23.2 Å². The van der Waals surface area contributed by atoms with Crippen molar-refractivity contribution in [2.45, 2.75) is 6.92 Å². The summed E-state index contributed by atoms with van der Waals surface area (Å²) in [5.74, 6) is -0.336. The van der Waals surface area contributed by atoms with Gasteiger partial charge < -0.3 is 4.42 Å². The Hall–Kier alpha value is -3.35. The van der Waals surface area contributed by atoms with Crippen molar-refractivity contribution in [2.75, 3.05) is 0 Å². The topological polar surface area (TPSA) is 92.4 Å². The van der Waals surface area contributed by atoms with E-state index in [1.54, 1.807) is 13.0 Å². The lowest BCUT2D eigenvalue weighted by Crippen LogP contribution is -2.19. The van der Waals surface area contributed by atoms with Gasteiger partial charge in [-0.05, 0) is 31.2 Å². The summed E-state index contributed by atoms with van der Waals surface area (Å²) in [5, 5.41) is 6.78. The van der Waals surface area contributed by atoms with Gasteiger partial charge >= 0.3 is 5.91 Å². The monoisotopic (exact) mass is 310 g/mol. The number of hydrogen-bond donors (Lipinski definition) is 2. The minimum Gasteiger partial charge on any atom is -0.459 e. The number of H-pyrrole nitrogens is 1. The number of rotatable bonds is 4. The molecule has 3 aromatic rings. The Morgan fingerprint density at radius 1 is 1.26 bits per heavy atom. The Bertz CT molecular complexity index is 889. The zero-order valence-electron chi connectivity index (χ0n) is 12.3. The number of nitrogens with zero attached hydrogens (tertiary/aromatic N) is 2. The van der Waals surface area contributed by atoms with E-state index in [-0.39, 0.29) is 11.3 Å². The molecule has 7 heteroatoms. The largest absolute Gasteiger partial charge is 0.459 e. The third-order valence-corrected chi connectivity index (χ3v) is 3.24. The molecule has 0 saturated carbocycles. The highest BCUT2D eigenvalue weighted by Gasteiger charge is 2.11. The van der Waals surface area contributed by atoms with Crippen LogP contribution in [0.2, 0.25) is 0 Å². The maximum atomic E-state index is 12.4. The summed E-state index contributed by atoms with van der Waals surface area (Å²) in [5.41, 5.74) is 3.81. The zero-order chi connectivity index (χ0) is 16.2. The first kappa shape index (κ1) is 14.6. The van der Waals surface area contributed by atoms with Crippen molar-refractivity contribution in [2.24, 2.45) is 5.10 Å². The van der Waals surface area contributed by atoms with Gasteiger partial charge in [0.05, 0.1) is 23.7 Å². The van der Waals surface area contributed by atoms with Crippen molar-refractivity contribution in [1.82, 2.24) is 15.2 Å². The molecule has 0 spiro atoms. The molecule has 1 aromatic carbocycles. The first-order valence-electron chi connectivity index (χ1n) is 6.91. The molecule has 0 aliphatic carbocycles. The van der Waals surface area contributed by atoms with Crippen LogP contribution in [0.3, 0.4) is 0 Å². The number of nitrogens with one attached hydrogen (secondary N) is 2. The SMILES string of the molecule is Cc1[nH]n(-c2ccccc2)c(=O)c1/C=N\NC(=O)c1ccco1. The molecule has 116 valence electrons. The molecule has 7 nitrogen and oxygen atoms in total. The summed E-state index contributed by atoms with van der Waals surface area (Å²) in [6, 6.07) is 12.3. The standard InChI is InChI=1S/C16H14N4O3/c1-11-13(10-17-18-15(21)14-8-5-9-23-14)16(22)20(19-11)12-6-3-2-4-7-12/h2-10,19H,1H3,(H,18,21)/b17-10-. The first-order chi connectivity index (χ1) is 11.2. The maximum absolute atomic E-state index is 12.4. The minimum absolute atomic E-state index is 0.148. The van der Waals surface area contributed by atoms with Crippen LogP contribution in [0.25, 0.3) is 5.69 Å². The van der Waals surface area contributed by atoms with Crippen LogP contribution in [0.4, 0.5) is 0 Å². The second-order valence-corrected chi connectivity index (χ2v) is 4.80. The van der Waals surface area contributed by atoms with Gasteiger partial charge in [-0.15, -0.1) is 0 Å². The molecule has 1 amide bonds. The quantitative estimate of drug-likeness (QED) is 0.569. The molecule has 0 radical (unpaired) electrons. The van der Waals surface area contributed by atoms with Crippen molar-refractivity contribution in [1.29, 1.82) is 0 Å². The molecule has 0 bridgehead atoms. The van der Waals surface area contributed by atoms with Crippen molar-refractivity contribution >= 4 is 12.1 Å². The van der Waals surface area contributed by atoms with Crippen molar-refractivity contribution in [3.05, 3.63) is 76.1 Å². The maximum Gasteiger partial charge on any atom is 0.307 e. The summed E-state index contributed by atoms with van der Waals surface area (Å²) in [6.07, 6.45) is 2.71. The van der Waals surface area contributed by atoms with Gasteiger partial charge in [-0.25, -0.2) is 10.1 Å². The molecular formula is C16H14N4O3. The summed E-state index contributed by atoms with van der Waals surface area (Å²) in [6.45, 7) is 1.76. The minimum atomic E-state index is -0.483. The van der Waals surface area contributed by atoms with E-state index in [0.29, 0.717) is 11.3 Å². The molecule has 0 unspecified atom stereocenters. The normalized spacial score (nSPS) is 11.0. The summed E-state index contributed by atoms with van der Waals surface area (Å²) in [7, 11) is 0. The number of carbonyl (C=O) groups is 1. The summed E-state index contributed by atoms with van der Waals surface area (Å²) >= 11 is 0. The average molecular weight is 310 g/mol. The number of para-hydroxylation sites is 1. The van der Waals surface area contributed by atoms with Gasteiger partial charge in [0.25, 0.3) is 5.56 Å². The number of aryl methyl sites for hydroxylation is 1. The summed E-state index contributed by atoms with van der Waals surface area (Å²) < 4.78 is 6.37. The number of carbonyl (C=O) groups excluding carboxylic acids is 1. The van der Waals surface area contributed by atoms with Crippen LogP contribution in [0.5, 0.6) is 0 Å². The van der Waals surface area contributed by atoms with Crippen LogP contribution in [0.15, 0.2) is 63.0 Å². The molecule has 0 aliphatic heterocycles. The van der Waals surface area contributed by atoms with E-state index < -0.39 is 5.91 Å². The van der Waals surface area contributed by atoms with Crippen LogP contribution >= 0.6 is 0 Å². The second kappa shape index (κ2) is 6.18. The molecule has 2 N–H and O–H groups in total. The highest BCUT2D eigenvalue weighted by molar-refractivity contribution is 5.92. The lowest BCUT2D eigenvalue weighted by atomic mass is 10.3. The fraction of sp³-hybridized carbons (Fsp3) is 0.0625. The Labute approximate surface area is 131 Å². The highest BCUT2D eigenvalue weighted by Crippen LogP contribution is 2.05. The van der Waals surface area contributed by atoms with Gasteiger partial charge in [0.15, 0.2) is 5.76 Å². The molecule has 2 heterocycles. The van der Waals surface area contributed by atoms with Crippen LogP contribution in [-0.2, 0) is 0 Å². The van der Waals surface area contributed by atoms with E-state index in [9.17, 15) is 9.59 Å². The van der Waals surface area contributed by atoms with Gasteiger partial charge in [0.2, 0.25) is 0 Å². The Morgan fingerprint density at radius 3 is 2.74 bits per heavy atom. The van der Waals surface area contributed by atoms with E-state index in [2.05, 4.69) is 15.6 Å². The van der Waals surface area contributed by atoms with Gasteiger partial charge in [0, 0.05) is 5.69 Å². The highest BCUT2D eigenvalue weighted by atomic mass is 16.3. The first-order valence-corrected chi connectivity index (χ1v) is 6.91. The number of furan rings is 1. The van der Waals surface area contributed by atoms with Crippen molar-refractivity contribution in [3.63, 3.8) is 0 Å².